The average Bonchev–Trinajstić information content (AvgIpc) is 3.07. The molecule has 3 aliphatic carbocycles. The van der Waals surface area contributed by atoms with Crippen molar-refractivity contribution in [1.29, 1.82) is 0 Å². The highest BCUT2D eigenvalue weighted by Gasteiger charge is 2.61. The van der Waals surface area contributed by atoms with Crippen molar-refractivity contribution in [2.75, 3.05) is 0 Å². The van der Waals surface area contributed by atoms with E-state index in [0.29, 0.717) is 29.1 Å². The van der Waals surface area contributed by atoms with Gasteiger partial charge in [0.25, 0.3) is 0 Å². The summed E-state index contributed by atoms with van der Waals surface area (Å²) in [6, 6.07) is 5.50. The van der Waals surface area contributed by atoms with E-state index in [-0.39, 0.29) is 19.3 Å². The van der Waals surface area contributed by atoms with Crippen molar-refractivity contribution >= 4 is 32.0 Å². The van der Waals surface area contributed by atoms with Gasteiger partial charge in [-0.2, -0.15) is 0 Å². The highest BCUT2D eigenvalue weighted by atomic mass is 31.0. The van der Waals surface area contributed by atoms with Crippen LogP contribution in [-0.4, -0.2) is 25.3 Å². The minimum absolute atomic E-state index is 0.185. The molecule has 3 saturated carbocycles. The number of carbonyl (C=O) groups is 1. The third-order valence-electron chi connectivity index (χ3n) is 6.65. The van der Waals surface area contributed by atoms with Crippen molar-refractivity contribution in [2.45, 2.75) is 51.6 Å². The van der Waals surface area contributed by atoms with Crippen LogP contribution in [-0.2, 0) is 20.3 Å². The lowest BCUT2D eigenvalue weighted by atomic mass is 9.47. The van der Waals surface area contributed by atoms with Gasteiger partial charge in [-0.3, -0.25) is 0 Å². The first-order valence-corrected chi connectivity index (χ1v) is 10.1. The van der Waals surface area contributed by atoms with Crippen LogP contribution in [0.15, 0.2) is 18.2 Å². The Morgan fingerprint density at radius 1 is 1.31 bits per heavy atom. The zero-order valence-electron chi connectivity index (χ0n) is 15.1. The van der Waals surface area contributed by atoms with Gasteiger partial charge in [0.1, 0.15) is 11.3 Å². The molecule has 2 bridgehead atoms. The maximum absolute atomic E-state index is 11.9. The molecule has 8 heteroatoms. The van der Waals surface area contributed by atoms with Crippen LogP contribution in [0.2, 0.25) is 6.32 Å². The minimum atomic E-state index is -0.435. The van der Waals surface area contributed by atoms with Crippen LogP contribution in [0.5, 0.6) is 5.75 Å². The fourth-order valence-electron chi connectivity index (χ4n) is 4.96. The summed E-state index contributed by atoms with van der Waals surface area (Å²) in [5.41, 5.74) is 1.74. The molecular formula is C18H25BO5P2. The molecule has 1 heterocycles. The Morgan fingerprint density at radius 3 is 2.81 bits per heavy atom. The molecule has 4 fully saturated rings. The molecule has 0 amide bonds. The second kappa shape index (κ2) is 7.06. The van der Waals surface area contributed by atoms with Gasteiger partial charge in [-0.15, -0.1) is 0 Å². The number of carbonyl (C=O) groups excluding carboxylic acids is 1. The number of aryl methyl sites for hydroxylation is 1. The van der Waals surface area contributed by atoms with E-state index >= 15 is 0 Å². The Kier molecular flexibility index (Phi) is 5.07. The normalized spacial score (nSPS) is 31.2. The average molecular weight is 394 g/mol. The van der Waals surface area contributed by atoms with Gasteiger partial charge in [-0.25, -0.2) is 4.79 Å². The maximum Gasteiger partial charge on any atom is 0.457 e. The summed E-state index contributed by atoms with van der Waals surface area (Å²) >= 11 is 0. The third-order valence-corrected chi connectivity index (χ3v) is 7.10. The van der Waals surface area contributed by atoms with Crippen LogP contribution >= 0.6 is 18.9 Å². The van der Waals surface area contributed by atoms with Crippen LogP contribution in [0, 0.1) is 17.3 Å². The largest absolute Gasteiger partial charge is 0.479 e. The number of hydrogen-bond acceptors (Lipinski definition) is 5. The van der Waals surface area contributed by atoms with Crippen LogP contribution in [0.3, 0.4) is 0 Å². The quantitative estimate of drug-likeness (QED) is 0.564. The van der Waals surface area contributed by atoms with E-state index in [1.807, 2.05) is 21.6 Å². The number of benzene rings is 1. The Morgan fingerprint density at radius 2 is 2.12 bits per heavy atom. The van der Waals surface area contributed by atoms with Gasteiger partial charge < -0.3 is 18.4 Å². The molecule has 4 aliphatic rings. The van der Waals surface area contributed by atoms with E-state index in [0.717, 1.165) is 24.2 Å². The topological polar surface area (TPSA) is 54.0 Å². The van der Waals surface area contributed by atoms with Crippen LogP contribution in [0.4, 0.5) is 0 Å². The Hall–Kier alpha value is -0.665. The van der Waals surface area contributed by atoms with Gasteiger partial charge in [-0.1, -0.05) is 26.0 Å². The molecule has 6 atom stereocenters. The zero-order chi connectivity index (χ0) is 18.5. The Labute approximate surface area is 159 Å². The SMILES string of the molecule is CC1(C)C2CC3OB(CCc4cccc(C(=O)OP)c4OP)OC3C1C2. The summed E-state index contributed by atoms with van der Waals surface area (Å²) in [7, 11) is 4.00. The lowest BCUT2D eigenvalue weighted by Crippen LogP contribution is -2.59. The number of hydrogen-bond donors (Lipinski definition) is 0. The molecule has 0 spiro atoms. The Balaban J connectivity index is 1.42. The number of para-hydroxylation sites is 1. The molecule has 0 aromatic heterocycles. The van der Waals surface area contributed by atoms with Crippen molar-refractivity contribution in [2.24, 2.45) is 17.3 Å². The van der Waals surface area contributed by atoms with Gasteiger partial charge in [0.2, 0.25) is 0 Å². The van der Waals surface area contributed by atoms with E-state index in [9.17, 15) is 4.79 Å². The van der Waals surface area contributed by atoms with Crippen molar-refractivity contribution in [3.63, 3.8) is 0 Å². The van der Waals surface area contributed by atoms with Crippen molar-refractivity contribution in [1.82, 2.24) is 0 Å². The molecule has 1 aromatic rings. The smallest absolute Gasteiger partial charge is 0.457 e. The molecular weight excluding hydrogens is 369 g/mol. The summed E-state index contributed by atoms with van der Waals surface area (Å²) in [6.45, 7) is 4.72. The molecule has 1 aromatic carbocycles. The monoisotopic (exact) mass is 394 g/mol. The molecule has 5 nitrogen and oxygen atoms in total. The maximum atomic E-state index is 11.9. The van der Waals surface area contributed by atoms with Crippen molar-refractivity contribution in [3.05, 3.63) is 29.3 Å². The molecule has 5 rings (SSSR count). The summed E-state index contributed by atoms with van der Waals surface area (Å²) in [4.78, 5) is 11.9. The summed E-state index contributed by atoms with van der Waals surface area (Å²) in [5, 5.41) is 0. The van der Waals surface area contributed by atoms with Crippen LogP contribution in [0.1, 0.15) is 42.6 Å². The minimum Gasteiger partial charge on any atom is -0.479 e. The predicted octanol–water partition coefficient (Wildman–Crippen LogP) is 3.68. The first-order chi connectivity index (χ1) is 12.5. The second-order valence-corrected chi connectivity index (χ2v) is 8.63. The van der Waals surface area contributed by atoms with Gasteiger partial charge in [-0.05, 0) is 54.5 Å². The second-order valence-electron chi connectivity index (χ2n) is 8.16. The van der Waals surface area contributed by atoms with E-state index in [4.69, 9.17) is 18.4 Å². The zero-order valence-corrected chi connectivity index (χ0v) is 17.5. The van der Waals surface area contributed by atoms with E-state index < -0.39 is 5.97 Å². The lowest BCUT2D eigenvalue weighted by Gasteiger charge is -2.60. The standard InChI is InChI=1S/C18H25BO5P2/c1-18(2)11-8-13(18)16-14(9-11)21-19(22-16)7-6-10-4-3-5-12(15(10)23-25)17(20)24-26/h3-5,11,13-14,16H,6-9,25-26H2,1-2H3. The van der Waals surface area contributed by atoms with E-state index in [2.05, 4.69) is 23.3 Å². The molecule has 0 N–H and O–H groups in total. The van der Waals surface area contributed by atoms with Gasteiger partial charge in [0, 0.05) is 0 Å². The fraction of sp³-hybridized carbons (Fsp3) is 0.611. The van der Waals surface area contributed by atoms with Crippen molar-refractivity contribution < 1.29 is 23.2 Å². The van der Waals surface area contributed by atoms with E-state index in [1.165, 1.54) is 6.42 Å². The van der Waals surface area contributed by atoms with Gasteiger partial charge >= 0.3 is 13.1 Å². The van der Waals surface area contributed by atoms with Crippen LogP contribution in [0.25, 0.3) is 0 Å². The first-order valence-electron chi connectivity index (χ1n) is 9.16. The molecule has 6 unspecified atom stereocenters. The molecule has 1 aliphatic heterocycles. The Bertz CT molecular complexity index is 713. The highest BCUT2D eigenvalue weighted by Crippen LogP contribution is 2.61. The van der Waals surface area contributed by atoms with Crippen molar-refractivity contribution in [3.8, 4) is 5.75 Å². The molecule has 1 saturated heterocycles. The highest BCUT2D eigenvalue weighted by molar-refractivity contribution is 7.11. The lowest BCUT2D eigenvalue weighted by molar-refractivity contribution is -0.150. The molecule has 140 valence electrons. The third kappa shape index (κ3) is 3.00. The van der Waals surface area contributed by atoms with Gasteiger partial charge in [0.15, 0.2) is 0 Å². The van der Waals surface area contributed by atoms with Gasteiger partial charge in [0.05, 0.1) is 31.1 Å². The fourth-order valence-corrected chi connectivity index (χ4v) is 5.36. The summed E-state index contributed by atoms with van der Waals surface area (Å²) in [6.07, 6.45) is 4.31. The summed E-state index contributed by atoms with van der Waals surface area (Å²) in [5.74, 6) is 1.48. The number of rotatable bonds is 5. The van der Waals surface area contributed by atoms with Crippen LogP contribution < -0.4 is 4.52 Å². The summed E-state index contributed by atoms with van der Waals surface area (Å²) < 4.78 is 22.6. The predicted molar refractivity (Wildman–Crippen MR) is 106 cm³/mol. The van der Waals surface area contributed by atoms with E-state index in [1.54, 1.807) is 6.07 Å². The molecule has 26 heavy (non-hydrogen) atoms. The first kappa shape index (κ1) is 18.7. The molecule has 0 radical (unpaired) electrons.